The Balaban J connectivity index is 3.78. The second-order valence-electron chi connectivity index (χ2n) is 3.00. The number of amides is 1. The standard InChI is InChI=1S/C10H19NO2/c1-4-6-8-9(7-5-2)11-10(12)13-3/h5,9H,2,4,6-8H2,1,3H3,(H,11,12)/t9-/m1/s1. The van der Waals surface area contributed by atoms with Crippen molar-refractivity contribution in [2.75, 3.05) is 7.11 Å². The van der Waals surface area contributed by atoms with Crippen LogP contribution >= 0.6 is 0 Å². The van der Waals surface area contributed by atoms with Crippen LogP contribution in [0.3, 0.4) is 0 Å². The molecule has 0 aliphatic heterocycles. The minimum absolute atomic E-state index is 0.171. The van der Waals surface area contributed by atoms with Crippen LogP contribution in [0.15, 0.2) is 12.7 Å². The fourth-order valence-corrected chi connectivity index (χ4v) is 1.13. The van der Waals surface area contributed by atoms with Crippen LogP contribution in [0.1, 0.15) is 32.6 Å². The van der Waals surface area contributed by atoms with Gasteiger partial charge in [-0.05, 0) is 12.8 Å². The molecule has 0 aromatic rings. The molecule has 0 aromatic heterocycles. The first-order valence-electron chi connectivity index (χ1n) is 4.70. The average Bonchev–Trinajstić information content (AvgIpc) is 2.14. The molecule has 0 radical (unpaired) electrons. The van der Waals surface area contributed by atoms with Crippen LogP contribution in [-0.4, -0.2) is 19.2 Å². The molecule has 0 spiro atoms. The molecule has 0 bridgehead atoms. The van der Waals surface area contributed by atoms with Crippen LogP contribution in [0.5, 0.6) is 0 Å². The summed E-state index contributed by atoms with van der Waals surface area (Å²) in [6.07, 6.45) is 5.49. The lowest BCUT2D eigenvalue weighted by molar-refractivity contribution is 0.166. The van der Waals surface area contributed by atoms with E-state index in [1.807, 2.05) is 6.08 Å². The van der Waals surface area contributed by atoms with Crippen molar-refractivity contribution in [1.29, 1.82) is 0 Å². The summed E-state index contributed by atoms with van der Waals surface area (Å²) in [4.78, 5) is 10.9. The molecule has 0 heterocycles. The lowest BCUT2D eigenvalue weighted by Gasteiger charge is -2.15. The average molecular weight is 185 g/mol. The number of carbonyl (C=O) groups excluding carboxylic acids is 1. The highest BCUT2D eigenvalue weighted by Gasteiger charge is 2.09. The van der Waals surface area contributed by atoms with Crippen molar-refractivity contribution in [2.24, 2.45) is 0 Å². The Morgan fingerprint density at radius 2 is 2.38 bits per heavy atom. The minimum atomic E-state index is -0.358. The lowest BCUT2D eigenvalue weighted by atomic mass is 10.1. The zero-order chi connectivity index (χ0) is 10.1. The van der Waals surface area contributed by atoms with E-state index in [-0.39, 0.29) is 12.1 Å². The van der Waals surface area contributed by atoms with Crippen molar-refractivity contribution in [1.82, 2.24) is 5.32 Å². The van der Waals surface area contributed by atoms with Gasteiger partial charge in [0.05, 0.1) is 7.11 Å². The van der Waals surface area contributed by atoms with E-state index in [2.05, 4.69) is 23.6 Å². The Kier molecular flexibility index (Phi) is 7.07. The van der Waals surface area contributed by atoms with E-state index in [0.29, 0.717) is 0 Å². The molecule has 76 valence electrons. The third kappa shape index (κ3) is 6.20. The second kappa shape index (κ2) is 7.65. The van der Waals surface area contributed by atoms with Crippen LogP contribution < -0.4 is 5.32 Å². The van der Waals surface area contributed by atoms with E-state index in [9.17, 15) is 4.79 Å². The highest BCUT2D eigenvalue weighted by Crippen LogP contribution is 2.04. The molecule has 0 unspecified atom stereocenters. The monoisotopic (exact) mass is 185 g/mol. The molecular weight excluding hydrogens is 166 g/mol. The number of ether oxygens (including phenoxy) is 1. The molecule has 0 aliphatic carbocycles. The summed E-state index contributed by atoms with van der Waals surface area (Å²) in [5.74, 6) is 0. The Morgan fingerprint density at radius 1 is 1.69 bits per heavy atom. The molecule has 3 nitrogen and oxygen atoms in total. The first-order chi connectivity index (χ1) is 6.24. The van der Waals surface area contributed by atoms with E-state index in [4.69, 9.17) is 0 Å². The van der Waals surface area contributed by atoms with Gasteiger partial charge in [-0.1, -0.05) is 25.8 Å². The van der Waals surface area contributed by atoms with E-state index < -0.39 is 0 Å². The molecule has 1 atom stereocenters. The molecule has 0 saturated carbocycles. The number of unbranched alkanes of at least 4 members (excludes halogenated alkanes) is 1. The summed E-state index contributed by atoms with van der Waals surface area (Å²) in [6.45, 7) is 5.78. The summed E-state index contributed by atoms with van der Waals surface area (Å²) >= 11 is 0. The van der Waals surface area contributed by atoms with Gasteiger partial charge in [-0.15, -0.1) is 6.58 Å². The molecule has 1 N–H and O–H groups in total. The number of hydrogen-bond acceptors (Lipinski definition) is 2. The Morgan fingerprint density at radius 3 is 2.85 bits per heavy atom. The summed E-state index contributed by atoms with van der Waals surface area (Å²) in [6, 6.07) is 0.171. The number of nitrogens with one attached hydrogen (secondary N) is 1. The van der Waals surface area contributed by atoms with Crippen LogP contribution in [-0.2, 0) is 4.74 Å². The number of carbonyl (C=O) groups is 1. The summed E-state index contributed by atoms with van der Waals surface area (Å²) in [5.41, 5.74) is 0. The molecular formula is C10H19NO2. The topological polar surface area (TPSA) is 38.3 Å². The SMILES string of the molecule is C=CC[C@H](CCCC)NC(=O)OC. The number of alkyl carbamates (subject to hydrolysis) is 1. The second-order valence-corrected chi connectivity index (χ2v) is 3.00. The molecule has 0 aliphatic rings. The van der Waals surface area contributed by atoms with Gasteiger partial charge in [0.1, 0.15) is 0 Å². The zero-order valence-electron chi connectivity index (χ0n) is 8.51. The van der Waals surface area contributed by atoms with Crippen LogP contribution in [0, 0.1) is 0 Å². The van der Waals surface area contributed by atoms with E-state index >= 15 is 0 Å². The van der Waals surface area contributed by atoms with Crippen LogP contribution in [0.25, 0.3) is 0 Å². The van der Waals surface area contributed by atoms with Gasteiger partial charge in [-0.3, -0.25) is 0 Å². The summed E-state index contributed by atoms with van der Waals surface area (Å²) < 4.78 is 4.52. The van der Waals surface area contributed by atoms with Gasteiger partial charge < -0.3 is 10.1 Å². The van der Waals surface area contributed by atoms with Crippen LogP contribution in [0.2, 0.25) is 0 Å². The van der Waals surface area contributed by atoms with Gasteiger partial charge in [0, 0.05) is 6.04 Å². The van der Waals surface area contributed by atoms with Gasteiger partial charge in [0.25, 0.3) is 0 Å². The Labute approximate surface area is 80.2 Å². The van der Waals surface area contributed by atoms with Gasteiger partial charge in [0.15, 0.2) is 0 Å². The maximum Gasteiger partial charge on any atom is 0.407 e. The van der Waals surface area contributed by atoms with E-state index in [0.717, 1.165) is 25.7 Å². The molecule has 0 aromatic carbocycles. The fraction of sp³-hybridized carbons (Fsp3) is 0.700. The van der Waals surface area contributed by atoms with Gasteiger partial charge in [0.2, 0.25) is 0 Å². The normalized spacial score (nSPS) is 11.8. The van der Waals surface area contributed by atoms with Crippen molar-refractivity contribution in [3.05, 3.63) is 12.7 Å². The first-order valence-corrected chi connectivity index (χ1v) is 4.70. The maximum atomic E-state index is 10.9. The fourth-order valence-electron chi connectivity index (χ4n) is 1.13. The van der Waals surface area contributed by atoms with Crippen molar-refractivity contribution in [3.63, 3.8) is 0 Å². The van der Waals surface area contributed by atoms with E-state index in [1.54, 1.807) is 0 Å². The molecule has 0 fully saturated rings. The number of hydrogen-bond donors (Lipinski definition) is 1. The molecule has 0 saturated heterocycles. The first kappa shape index (κ1) is 12.0. The zero-order valence-corrected chi connectivity index (χ0v) is 8.51. The molecule has 0 rings (SSSR count). The highest BCUT2D eigenvalue weighted by atomic mass is 16.5. The quantitative estimate of drug-likeness (QED) is 0.645. The minimum Gasteiger partial charge on any atom is -0.453 e. The summed E-state index contributed by atoms with van der Waals surface area (Å²) in [7, 11) is 1.38. The molecule has 13 heavy (non-hydrogen) atoms. The largest absolute Gasteiger partial charge is 0.453 e. The van der Waals surface area contributed by atoms with Crippen LogP contribution in [0.4, 0.5) is 4.79 Å². The third-order valence-corrected chi connectivity index (χ3v) is 1.86. The predicted octanol–water partition coefficient (Wildman–Crippen LogP) is 2.48. The van der Waals surface area contributed by atoms with Crippen molar-refractivity contribution >= 4 is 6.09 Å². The lowest BCUT2D eigenvalue weighted by Crippen LogP contribution is -2.34. The smallest absolute Gasteiger partial charge is 0.407 e. The van der Waals surface area contributed by atoms with E-state index in [1.165, 1.54) is 7.11 Å². The van der Waals surface area contributed by atoms with Gasteiger partial charge in [-0.25, -0.2) is 4.79 Å². The molecule has 3 heteroatoms. The van der Waals surface area contributed by atoms with Crippen molar-refractivity contribution < 1.29 is 9.53 Å². The predicted molar refractivity (Wildman–Crippen MR) is 53.7 cm³/mol. The Hall–Kier alpha value is -0.990. The van der Waals surface area contributed by atoms with Gasteiger partial charge >= 0.3 is 6.09 Å². The highest BCUT2D eigenvalue weighted by molar-refractivity contribution is 5.67. The summed E-state index contributed by atoms with van der Waals surface area (Å²) in [5, 5.41) is 2.77. The maximum absolute atomic E-state index is 10.9. The van der Waals surface area contributed by atoms with Crippen molar-refractivity contribution in [2.45, 2.75) is 38.6 Å². The van der Waals surface area contributed by atoms with Crippen molar-refractivity contribution in [3.8, 4) is 0 Å². The number of rotatable bonds is 6. The number of methoxy groups -OCH3 is 1. The molecule has 1 amide bonds. The van der Waals surface area contributed by atoms with Gasteiger partial charge in [-0.2, -0.15) is 0 Å². The third-order valence-electron chi connectivity index (χ3n) is 1.86. The Bertz CT molecular complexity index is 157.